The van der Waals surface area contributed by atoms with Gasteiger partial charge in [-0.2, -0.15) is 0 Å². The lowest BCUT2D eigenvalue weighted by Gasteiger charge is -2.20. The van der Waals surface area contributed by atoms with Crippen molar-refractivity contribution in [3.05, 3.63) is 71.0 Å². The molecule has 1 amide bonds. The smallest absolute Gasteiger partial charge is 0.253 e. The molecule has 0 saturated carbocycles. The molecule has 8 heteroatoms. The van der Waals surface area contributed by atoms with Gasteiger partial charge in [-0.3, -0.25) is 4.79 Å². The highest BCUT2D eigenvalue weighted by Crippen LogP contribution is 2.31. The molecule has 2 aromatic carbocycles. The molecule has 1 aliphatic rings. The predicted octanol–water partition coefficient (Wildman–Crippen LogP) is 3.11. The normalized spacial score (nSPS) is 19.8. The summed E-state index contributed by atoms with van der Waals surface area (Å²) in [4.78, 5) is 13.8. The summed E-state index contributed by atoms with van der Waals surface area (Å²) in [5.41, 5.74) is 0.0141. The Kier molecular flexibility index (Phi) is 5.04. The number of amides is 1. The fraction of sp³-hybridized carbons (Fsp3) is 0.278. The maximum Gasteiger partial charge on any atom is 0.253 e. The molecule has 0 N–H and O–H groups in total. The standard InChI is InChI=1S/C18H16F3NO3S/c19-14-4-2-1-3-13(14)17-7-8-22(9-10-26(17,24)25)18(23)12-5-6-15(20)16(21)11-12/h1-6,11,17H,7-10H2. The first-order valence-corrected chi connectivity index (χ1v) is 9.71. The number of nitrogens with zero attached hydrogens (tertiary/aromatic N) is 1. The predicted molar refractivity (Wildman–Crippen MR) is 89.8 cm³/mol. The summed E-state index contributed by atoms with van der Waals surface area (Å²) in [6, 6.07) is 8.42. The van der Waals surface area contributed by atoms with Crippen LogP contribution in [0.2, 0.25) is 0 Å². The van der Waals surface area contributed by atoms with Crippen molar-refractivity contribution in [3.8, 4) is 0 Å². The van der Waals surface area contributed by atoms with Gasteiger partial charge < -0.3 is 4.90 Å². The van der Waals surface area contributed by atoms with Crippen LogP contribution in [0, 0.1) is 17.5 Å². The molecule has 1 atom stereocenters. The molecule has 0 radical (unpaired) electrons. The van der Waals surface area contributed by atoms with E-state index in [2.05, 4.69) is 0 Å². The van der Waals surface area contributed by atoms with Crippen molar-refractivity contribution in [1.82, 2.24) is 4.90 Å². The van der Waals surface area contributed by atoms with Gasteiger partial charge in [0.1, 0.15) is 5.82 Å². The van der Waals surface area contributed by atoms with Gasteiger partial charge in [0.05, 0.1) is 11.0 Å². The molecule has 3 rings (SSSR count). The third-order valence-corrected chi connectivity index (χ3v) is 6.55. The van der Waals surface area contributed by atoms with Crippen molar-refractivity contribution in [2.45, 2.75) is 11.7 Å². The summed E-state index contributed by atoms with van der Waals surface area (Å²) in [6.07, 6.45) is 0.0265. The molecule has 4 nitrogen and oxygen atoms in total. The Labute approximate surface area is 149 Å². The maximum absolute atomic E-state index is 14.0. The van der Waals surface area contributed by atoms with Crippen LogP contribution in [0.1, 0.15) is 27.6 Å². The van der Waals surface area contributed by atoms with Crippen LogP contribution in [0.15, 0.2) is 42.5 Å². The zero-order chi connectivity index (χ0) is 18.9. The number of sulfone groups is 1. The van der Waals surface area contributed by atoms with Crippen molar-refractivity contribution >= 4 is 15.7 Å². The highest BCUT2D eigenvalue weighted by atomic mass is 32.2. The highest BCUT2D eigenvalue weighted by molar-refractivity contribution is 7.91. The Balaban J connectivity index is 1.85. The van der Waals surface area contributed by atoms with Crippen LogP contribution in [0.3, 0.4) is 0 Å². The molecule has 1 aliphatic heterocycles. The van der Waals surface area contributed by atoms with E-state index < -0.39 is 38.4 Å². The average molecular weight is 383 g/mol. The number of benzene rings is 2. The molecule has 138 valence electrons. The molecule has 2 aromatic rings. The minimum Gasteiger partial charge on any atom is -0.338 e. The molecule has 1 unspecified atom stereocenters. The third kappa shape index (κ3) is 3.60. The molecular weight excluding hydrogens is 367 g/mol. The van der Waals surface area contributed by atoms with Gasteiger partial charge in [0.2, 0.25) is 0 Å². The quantitative estimate of drug-likeness (QED) is 0.801. The van der Waals surface area contributed by atoms with Crippen molar-refractivity contribution in [1.29, 1.82) is 0 Å². The molecule has 26 heavy (non-hydrogen) atoms. The summed E-state index contributed by atoms with van der Waals surface area (Å²) in [5, 5.41) is -1.05. The molecule has 1 saturated heterocycles. The second-order valence-corrected chi connectivity index (χ2v) is 8.39. The Morgan fingerprint density at radius 2 is 1.69 bits per heavy atom. The number of rotatable bonds is 2. The van der Waals surface area contributed by atoms with E-state index in [9.17, 15) is 26.4 Å². The van der Waals surface area contributed by atoms with Gasteiger partial charge in [0.15, 0.2) is 21.5 Å². The number of carbonyl (C=O) groups is 1. The van der Waals surface area contributed by atoms with E-state index in [0.717, 1.165) is 18.2 Å². The summed E-state index contributed by atoms with van der Waals surface area (Å²) in [7, 11) is -3.67. The van der Waals surface area contributed by atoms with Gasteiger partial charge in [0.25, 0.3) is 5.91 Å². The van der Waals surface area contributed by atoms with E-state index in [0.29, 0.717) is 0 Å². The zero-order valence-electron chi connectivity index (χ0n) is 13.7. The summed E-state index contributed by atoms with van der Waals surface area (Å²) < 4.78 is 65.5. The fourth-order valence-corrected chi connectivity index (χ4v) is 4.85. The highest BCUT2D eigenvalue weighted by Gasteiger charge is 2.34. The Hall–Kier alpha value is -2.35. The molecule has 1 fully saturated rings. The number of hydrogen-bond acceptors (Lipinski definition) is 3. The van der Waals surface area contributed by atoms with Crippen LogP contribution in [0.5, 0.6) is 0 Å². The summed E-state index contributed by atoms with van der Waals surface area (Å²) in [6.45, 7) is -0.0266. The van der Waals surface area contributed by atoms with E-state index in [1.54, 1.807) is 6.07 Å². The van der Waals surface area contributed by atoms with Crippen LogP contribution in [0.4, 0.5) is 13.2 Å². The molecule has 1 heterocycles. The van der Waals surface area contributed by atoms with E-state index in [4.69, 9.17) is 0 Å². The first kappa shape index (κ1) is 18.4. The first-order chi connectivity index (χ1) is 12.3. The van der Waals surface area contributed by atoms with Crippen molar-refractivity contribution in [3.63, 3.8) is 0 Å². The van der Waals surface area contributed by atoms with Crippen LogP contribution in [-0.2, 0) is 9.84 Å². The van der Waals surface area contributed by atoms with Crippen molar-refractivity contribution < 1.29 is 26.4 Å². The maximum atomic E-state index is 14.0. The van der Waals surface area contributed by atoms with E-state index in [-0.39, 0.29) is 36.4 Å². The topological polar surface area (TPSA) is 54.5 Å². The zero-order valence-corrected chi connectivity index (χ0v) is 14.5. The summed E-state index contributed by atoms with van der Waals surface area (Å²) >= 11 is 0. The van der Waals surface area contributed by atoms with Gasteiger partial charge in [-0.25, -0.2) is 21.6 Å². The Morgan fingerprint density at radius 3 is 2.38 bits per heavy atom. The molecule has 0 aliphatic carbocycles. The monoisotopic (exact) mass is 383 g/mol. The largest absolute Gasteiger partial charge is 0.338 e. The second kappa shape index (κ2) is 7.11. The number of hydrogen-bond donors (Lipinski definition) is 0. The van der Waals surface area contributed by atoms with Gasteiger partial charge in [-0.05, 0) is 30.7 Å². The minimum absolute atomic E-state index is 0.0265. The Morgan fingerprint density at radius 1 is 0.962 bits per heavy atom. The third-order valence-electron chi connectivity index (χ3n) is 4.45. The molecule has 0 spiro atoms. The number of carbonyl (C=O) groups excluding carboxylic acids is 1. The van der Waals surface area contributed by atoms with Gasteiger partial charge in [-0.1, -0.05) is 18.2 Å². The van der Waals surface area contributed by atoms with E-state index in [1.807, 2.05) is 0 Å². The molecule has 0 bridgehead atoms. The molecular formula is C18H16F3NO3S. The first-order valence-electron chi connectivity index (χ1n) is 8.00. The van der Waals surface area contributed by atoms with E-state index >= 15 is 0 Å². The summed E-state index contributed by atoms with van der Waals surface area (Å²) in [5.74, 6) is -3.75. The fourth-order valence-electron chi connectivity index (χ4n) is 3.04. The lowest BCUT2D eigenvalue weighted by atomic mass is 10.1. The van der Waals surface area contributed by atoms with Gasteiger partial charge >= 0.3 is 0 Å². The van der Waals surface area contributed by atoms with Crippen molar-refractivity contribution in [2.75, 3.05) is 18.8 Å². The van der Waals surface area contributed by atoms with Crippen LogP contribution >= 0.6 is 0 Å². The van der Waals surface area contributed by atoms with Crippen molar-refractivity contribution in [2.24, 2.45) is 0 Å². The number of halogens is 3. The van der Waals surface area contributed by atoms with Crippen LogP contribution in [0.25, 0.3) is 0 Å². The Bertz CT molecular complexity index is 946. The average Bonchev–Trinajstić information content (AvgIpc) is 2.75. The molecule has 0 aromatic heterocycles. The SMILES string of the molecule is O=C(c1ccc(F)c(F)c1)N1CCC(c2ccccc2F)S(=O)(=O)CC1. The van der Waals surface area contributed by atoms with Crippen LogP contribution < -0.4 is 0 Å². The van der Waals surface area contributed by atoms with Crippen LogP contribution in [-0.4, -0.2) is 38.1 Å². The lowest BCUT2D eigenvalue weighted by Crippen LogP contribution is -2.33. The van der Waals surface area contributed by atoms with E-state index in [1.165, 1.54) is 23.1 Å². The van der Waals surface area contributed by atoms with Gasteiger partial charge in [0, 0.05) is 24.2 Å². The van der Waals surface area contributed by atoms with Gasteiger partial charge in [-0.15, -0.1) is 0 Å². The minimum atomic E-state index is -3.67. The lowest BCUT2D eigenvalue weighted by molar-refractivity contribution is 0.0766. The second-order valence-electron chi connectivity index (χ2n) is 6.09.